The van der Waals surface area contributed by atoms with Gasteiger partial charge in [0.05, 0.1) is 0 Å². The highest BCUT2D eigenvalue weighted by Crippen LogP contribution is 2.50. The van der Waals surface area contributed by atoms with Gasteiger partial charge in [-0.25, -0.2) is 0 Å². The van der Waals surface area contributed by atoms with Crippen molar-refractivity contribution >= 4 is 0 Å². The van der Waals surface area contributed by atoms with Crippen molar-refractivity contribution in [2.75, 3.05) is 6.54 Å². The molecule has 0 spiro atoms. The molecule has 0 unspecified atom stereocenters. The van der Waals surface area contributed by atoms with E-state index in [-0.39, 0.29) is 0 Å². The Labute approximate surface area is 50.4 Å². The van der Waals surface area contributed by atoms with Gasteiger partial charge in [-0.1, -0.05) is 13.8 Å². The molecule has 1 saturated carbocycles. The monoisotopic (exact) mass is 114 g/mol. The van der Waals surface area contributed by atoms with Crippen LogP contribution in [0.1, 0.15) is 20.3 Å². The van der Waals surface area contributed by atoms with Gasteiger partial charge in [-0.3, -0.25) is 11.3 Å². The Balaban J connectivity index is 2.17. The minimum atomic E-state index is 0.576. The summed E-state index contributed by atoms with van der Waals surface area (Å²) >= 11 is 0. The molecule has 48 valence electrons. The van der Waals surface area contributed by atoms with E-state index in [9.17, 15) is 0 Å². The van der Waals surface area contributed by atoms with Crippen LogP contribution in [-0.2, 0) is 0 Å². The van der Waals surface area contributed by atoms with E-state index >= 15 is 0 Å². The Morgan fingerprint density at radius 2 is 2.25 bits per heavy atom. The normalized spacial score (nSPS) is 32.6. The largest absolute Gasteiger partial charge is 0.271 e. The Hall–Kier alpha value is -0.0800. The molecule has 1 aliphatic carbocycles. The average molecular weight is 114 g/mol. The van der Waals surface area contributed by atoms with E-state index in [0.29, 0.717) is 5.41 Å². The number of hydrogen-bond acceptors (Lipinski definition) is 2. The van der Waals surface area contributed by atoms with Crippen LogP contribution in [0.5, 0.6) is 0 Å². The number of hydrazine groups is 1. The molecule has 1 fully saturated rings. The maximum absolute atomic E-state index is 5.14. The van der Waals surface area contributed by atoms with Crippen LogP contribution in [0.3, 0.4) is 0 Å². The summed E-state index contributed by atoms with van der Waals surface area (Å²) in [7, 11) is 0. The van der Waals surface area contributed by atoms with Crippen LogP contribution in [0.15, 0.2) is 0 Å². The second-order valence-corrected chi connectivity index (χ2v) is 3.30. The maximum Gasteiger partial charge on any atom is 0.0131 e. The summed E-state index contributed by atoms with van der Waals surface area (Å²) < 4.78 is 0. The lowest BCUT2D eigenvalue weighted by molar-refractivity contribution is 0.527. The fraction of sp³-hybridized carbons (Fsp3) is 1.00. The summed E-state index contributed by atoms with van der Waals surface area (Å²) in [6.45, 7) is 5.52. The molecular formula is C6H14N2. The van der Waals surface area contributed by atoms with Crippen LogP contribution in [0.4, 0.5) is 0 Å². The number of rotatable bonds is 2. The van der Waals surface area contributed by atoms with E-state index < -0.39 is 0 Å². The smallest absolute Gasteiger partial charge is 0.0131 e. The molecule has 0 amide bonds. The van der Waals surface area contributed by atoms with Crippen LogP contribution in [0.25, 0.3) is 0 Å². The van der Waals surface area contributed by atoms with Gasteiger partial charge in [-0.15, -0.1) is 0 Å². The minimum absolute atomic E-state index is 0.576. The number of hydrogen-bond donors (Lipinski definition) is 2. The molecule has 0 saturated heterocycles. The molecule has 0 aromatic heterocycles. The van der Waals surface area contributed by atoms with E-state index in [1.807, 2.05) is 0 Å². The molecule has 1 rings (SSSR count). The van der Waals surface area contributed by atoms with Crippen molar-refractivity contribution in [1.29, 1.82) is 0 Å². The van der Waals surface area contributed by atoms with Gasteiger partial charge >= 0.3 is 0 Å². The zero-order valence-corrected chi connectivity index (χ0v) is 5.57. The summed E-state index contributed by atoms with van der Waals surface area (Å²) in [5, 5.41) is 0. The molecule has 0 aromatic rings. The zero-order chi connectivity index (χ0) is 6.20. The topological polar surface area (TPSA) is 38.0 Å². The van der Waals surface area contributed by atoms with E-state index in [1.165, 1.54) is 6.42 Å². The van der Waals surface area contributed by atoms with Crippen LogP contribution >= 0.6 is 0 Å². The molecule has 8 heavy (non-hydrogen) atoms. The van der Waals surface area contributed by atoms with Crippen molar-refractivity contribution in [1.82, 2.24) is 5.43 Å². The SMILES string of the molecule is CC1(C)C[C@H]1CNN. The van der Waals surface area contributed by atoms with Crippen molar-refractivity contribution in [2.24, 2.45) is 17.2 Å². The Morgan fingerprint density at radius 1 is 1.75 bits per heavy atom. The third-order valence-electron chi connectivity index (χ3n) is 2.08. The van der Waals surface area contributed by atoms with Gasteiger partial charge in [-0.05, 0) is 17.8 Å². The van der Waals surface area contributed by atoms with E-state index in [4.69, 9.17) is 5.84 Å². The quantitative estimate of drug-likeness (QED) is 0.405. The molecule has 3 N–H and O–H groups in total. The van der Waals surface area contributed by atoms with Gasteiger partial charge in [0, 0.05) is 6.54 Å². The van der Waals surface area contributed by atoms with Crippen LogP contribution in [-0.4, -0.2) is 6.54 Å². The fourth-order valence-electron chi connectivity index (χ4n) is 1.07. The predicted molar refractivity (Wildman–Crippen MR) is 34.1 cm³/mol. The molecule has 0 radical (unpaired) electrons. The molecule has 0 heterocycles. The third-order valence-corrected chi connectivity index (χ3v) is 2.08. The van der Waals surface area contributed by atoms with E-state index in [0.717, 1.165) is 12.5 Å². The summed E-state index contributed by atoms with van der Waals surface area (Å²) in [6.07, 6.45) is 1.33. The molecule has 0 bridgehead atoms. The lowest BCUT2D eigenvalue weighted by atomic mass is 10.1. The van der Waals surface area contributed by atoms with Gasteiger partial charge in [0.15, 0.2) is 0 Å². The maximum atomic E-state index is 5.14. The van der Waals surface area contributed by atoms with Crippen LogP contribution in [0.2, 0.25) is 0 Å². The zero-order valence-electron chi connectivity index (χ0n) is 5.57. The number of nitrogens with two attached hydrogens (primary N) is 1. The number of nitrogens with one attached hydrogen (secondary N) is 1. The lowest BCUT2D eigenvalue weighted by Crippen LogP contribution is -2.25. The first kappa shape index (κ1) is 6.05. The third kappa shape index (κ3) is 1.01. The second kappa shape index (κ2) is 1.71. The van der Waals surface area contributed by atoms with Crippen LogP contribution in [0, 0.1) is 11.3 Å². The van der Waals surface area contributed by atoms with E-state index in [2.05, 4.69) is 19.3 Å². The standard InChI is InChI=1S/C6H14N2/c1-6(2)3-5(6)4-8-7/h5,8H,3-4,7H2,1-2H3/t5-/m0/s1. The highest BCUT2D eigenvalue weighted by atomic mass is 15.2. The molecule has 2 heteroatoms. The molecule has 1 aliphatic rings. The highest BCUT2D eigenvalue weighted by molar-refractivity contribution is 4.95. The molecule has 1 atom stereocenters. The predicted octanol–water partition coefficient (Wildman–Crippen LogP) is 0.496. The van der Waals surface area contributed by atoms with Gasteiger partial charge in [0.25, 0.3) is 0 Å². The first-order valence-corrected chi connectivity index (χ1v) is 3.10. The Morgan fingerprint density at radius 3 is 2.38 bits per heavy atom. The Kier molecular flexibility index (Phi) is 1.29. The summed E-state index contributed by atoms with van der Waals surface area (Å²) in [6, 6.07) is 0. The minimum Gasteiger partial charge on any atom is -0.271 e. The fourth-order valence-corrected chi connectivity index (χ4v) is 1.07. The van der Waals surface area contributed by atoms with Crippen LogP contribution < -0.4 is 11.3 Å². The second-order valence-electron chi connectivity index (χ2n) is 3.30. The molecular weight excluding hydrogens is 100 g/mol. The average Bonchev–Trinajstić information content (AvgIpc) is 2.15. The van der Waals surface area contributed by atoms with Gasteiger partial charge in [-0.2, -0.15) is 0 Å². The molecule has 0 aromatic carbocycles. The summed E-state index contributed by atoms with van der Waals surface area (Å²) in [5.41, 5.74) is 3.26. The van der Waals surface area contributed by atoms with Crippen molar-refractivity contribution in [3.63, 3.8) is 0 Å². The Bertz CT molecular complexity index is 88.5. The first-order valence-electron chi connectivity index (χ1n) is 3.10. The summed E-state index contributed by atoms with van der Waals surface area (Å²) in [5.74, 6) is 5.97. The van der Waals surface area contributed by atoms with Gasteiger partial charge in [0.2, 0.25) is 0 Å². The lowest BCUT2D eigenvalue weighted by Gasteiger charge is -1.99. The van der Waals surface area contributed by atoms with E-state index in [1.54, 1.807) is 0 Å². The summed E-state index contributed by atoms with van der Waals surface area (Å²) in [4.78, 5) is 0. The van der Waals surface area contributed by atoms with Gasteiger partial charge in [0.1, 0.15) is 0 Å². The first-order chi connectivity index (χ1) is 3.67. The molecule has 2 nitrogen and oxygen atoms in total. The van der Waals surface area contributed by atoms with Crippen molar-refractivity contribution < 1.29 is 0 Å². The highest BCUT2D eigenvalue weighted by Gasteiger charge is 2.44. The van der Waals surface area contributed by atoms with Crippen molar-refractivity contribution in [2.45, 2.75) is 20.3 Å². The van der Waals surface area contributed by atoms with Crippen molar-refractivity contribution in [3.05, 3.63) is 0 Å². The molecule has 0 aliphatic heterocycles. The van der Waals surface area contributed by atoms with Gasteiger partial charge < -0.3 is 0 Å². The van der Waals surface area contributed by atoms with Crippen molar-refractivity contribution in [3.8, 4) is 0 Å².